The SMILES string of the molecule is FC(F)(F)c1cccc(CC2COCCC2Cl)c1. The van der Waals surface area contributed by atoms with Crippen LogP contribution in [0.15, 0.2) is 24.3 Å². The number of benzene rings is 1. The average molecular weight is 279 g/mol. The van der Waals surface area contributed by atoms with Crippen LogP contribution in [0.3, 0.4) is 0 Å². The molecule has 0 radical (unpaired) electrons. The molecule has 100 valence electrons. The Bertz CT molecular complexity index is 405. The Kier molecular flexibility index (Phi) is 4.17. The summed E-state index contributed by atoms with van der Waals surface area (Å²) in [5.74, 6) is 0.0869. The average Bonchev–Trinajstić information content (AvgIpc) is 2.31. The zero-order valence-corrected chi connectivity index (χ0v) is 10.5. The fraction of sp³-hybridized carbons (Fsp3) is 0.538. The second kappa shape index (κ2) is 5.49. The van der Waals surface area contributed by atoms with Gasteiger partial charge < -0.3 is 4.74 Å². The third-order valence-electron chi connectivity index (χ3n) is 3.13. The smallest absolute Gasteiger partial charge is 0.381 e. The lowest BCUT2D eigenvalue weighted by Gasteiger charge is -2.27. The van der Waals surface area contributed by atoms with E-state index < -0.39 is 11.7 Å². The highest BCUT2D eigenvalue weighted by Crippen LogP contribution is 2.31. The zero-order valence-electron chi connectivity index (χ0n) is 9.71. The quantitative estimate of drug-likeness (QED) is 0.746. The van der Waals surface area contributed by atoms with Crippen molar-refractivity contribution >= 4 is 11.6 Å². The summed E-state index contributed by atoms with van der Waals surface area (Å²) in [4.78, 5) is 0. The van der Waals surface area contributed by atoms with E-state index in [1.807, 2.05) is 0 Å². The largest absolute Gasteiger partial charge is 0.416 e. The maximum atomic E-state index is 12.6. The standard InChI is InChI=1S/C13H14ClF3O/c14-12-4-5-18-8-10(12)6-9-2-1-3-11(7-9)13(15,16)17/h1-3,7,10,12H,4-6,8H2. The van der Waals surface area contributed by atoms with Gasteiger partial charge >= 0.3 is 6.18 Å². The first-order valence-electron chi connectivity index (χ1n) is 5.85. The third kappa shape index (κ3) is 3.39. The molecule has 0 N–H and O–H groups in total. The topological polar surface area (TPSA) is 9.23 Å². The monoisotopic (exact) mass is 278 g/mol. The summed E-state index contributed by atoms with van der Waals surface area (Å²) >= 11 is 6.16. The van der Waals surface area contributed by atoms with Crippen molar-refractivity contribution in [3.05, 3.63) is 35.4 Å². The highest BCUT2D eigenvalue weighted by atomic mass is 35.5. The van der Waals surface area contributed by atoms with Crippen LogP contribution in [0.5, 0.6) is 0 Å². The van der Waals surface area contributed by atoms with Crippen molar-refractivity contribution in [1.29, 1.82) is 0 Å². The minimum atomic E-state index is -4.29. The van der Waals surface area contributed by atoms with Crippen LogP contribution >= 0.6 is 11.6 Å². The molecule has 1 aromatic carbocycles. The van der Waals surface area contributed by atoms with E-state index in [0.29, 0.717) is 25.2 Å². The molecule has 1 fully saturated rings. The Morgan fingerprint density at radius 2 is 2.11 bits per heavy atom. The lowest BCUT2D eigenvalue weighted by atomic mass is 9.93. The molecule has 1 heterocycles. The van der Waals surface area contributed by atoms with Crippen LogP contribution in [0.2, 0.25) is 0 Å². The molecule has 18 heavy (non-hydrogen) atoms. The summed E-state index contributed by atoms with van der Waals surface area (Å²) < 4.78 is 43.0. The van der Waals surface area contributed by atoms with Gasteiger partial charge in [-0.25, -0.2) is 0 Å². The minimum absolute atomic E-state index is 0.0201. The number of rotatable bonds is 2. The molecule has 0 aliphatic carbocycles. The molecule has 0 aromatic heterocycles. The van der Waals surface area contributed by atoms with Crippen LogP contribution in [-0.4, -0.2) is 18.6 Å². The van der Waals surface area contributed by atoms with Gasteiger partial charge in [0.1, 0.15) is 0 Å². The molecule has 1 aromatic rings. The van der Waals surface area contributed by atoms with Crippen molar-refractivity contribution in [3.8, 4) is 0 Å². The molecule has 2 rings (SSSR count). The van der Waals surface area contributed by atoms with Gasteiger partial charge in [-0.1, -0.05) is 18.2 Å². The number of hydrogen-bond donors (Lipinski definition) is 0. The minimum Gasteiger partial charge on any atom is -0.381 e. The van der Waals surface area contributed by atoms with Gasteiger partial charge in [-0.3, -0.25) is 0 Å². The molecule has 5 heteroatoms. The van der Waals surface area contributed by atoms with Crippen molar-refractivity contribution < 1.29 is 17.9 Å². The van der Waals surface area contributed by atoms with E-state index in [4.69, 9.17) is 16.3 Å². The predicted molar refractivity (Wildman–Crippen MR) is 63.7 cm³/mol. The van der Waals surface area contributed by atoms with Gasteiger partial charge in [-0.15, -0.1) is 11.6 Å². The molecule has 1 saturated heterocycles. The molecule has 0 amide bonds. The highest BCUT2D eigenvalue weighted by molar-refractivity contribution is 6.20. The summed E-state index contributed by atoms with van der Waals surface area (Å²) in [6.07, 6.45) is -3.01. The van der Waals surface area contributed by atoms with E-state index in [9.17, 15) is 13.2 Å². The Hall–Kier alpha value is -0.740. The van der Waals surface area contributed by atoms with Crippen LogP contribution < -0.4 is 0 Å². The van der Waals surface area contributed by atoms with E-state index >= 15 is 0 Å². The van der Waals surface area contributed by atoms with E-state index in [2.05, 4.69) is 0 Å². The Morgan fingerprint density at radius 1 is 1.33 bits per heavy atom. The van der Waals surface area contributed by atoms with Crippen LogP contribution in [0.1, 0.15) is 17.5 Å². The molecule has 0 bridgehead atoms. The first-order valence-corrected chi connectivity index (χ1v) is 6.28. The van der Waals surface area contributed by atoms with Gasteiger partial charge in [0, 0.05) is 17.9 Å². The Balaban J connectivity index is 2.09. The van der Waals surface area contributed by atoms with Gasteiger partial charge in [0.2, 0.25) is 0 Å². The van der Waals surface area contributed by atoms with E-state index in [1.54, 1.807) is 6.07 Å². The predicted octanol–water partition coefficient (Wildman–Crippen LogP) is 3.89. The maximum Gasteiger partial charge on any atom is 0.416 e. The number of hydrogen-bond acceptors (Lipinski definition) is 1. The van der Waals surface area contributed by atoms with Crippen LogP contribution in [0, 0.1) is 5.92 Å². The van der Waals surface area contributed by atoms with Crippen molar-refractivity contribution in [2.45, 2.75) is 24.4 Å². The van der Waals surface area contributed by atoms with Crippen LogP contribution in [-0.2, 0) is 17.3 Å². The van der Waals surface area contributed by atoms with E-state index in [0.717, 1.165) is 12.5 Å². The Labute approximate surface area is 109 Å². The Morgan fingerprint density at radius 3 is 2.78 bits per heavy atom. The van der Waals surface area contributed by atoms with E-state index in [-0.39, 0.29) is 11.3 Å². The highest BCUT2D eigenvalue weighted by Gasteiger charge is 2.31. The van der Waals surface area contributed by atoms with Gasteiger partial charge in [0.05, 0.1) is 12.2 Å². The fourth-order valence-corrected chi connectivity index (χ4v) is 2.39. The number of halogens is 4. The molecule has 2 unspecified atom stereocenters. The zero-order chi connectivity index (χ0) is 13.2. The van der Waals surface area contributed by atoms with Crippen LogP contribution in [0.25, 0.3) is 0 Å². The number of ether oxygens (including phenoxy) is 1. The first-order chi connectivity index (χ1) is 8.47. The molecule has 1 aliphatic rings. The van der Waals surface area contributed by atoms with Gasteiger partial charge in [0.15, 0.2) is 0 Å². The third-order valence-corrected chi connectivity index (χ3v) is 3.71. The van der Waals surface area contributed by atoms with Crippen molar-refractivity contribution in [2.75, 3.05) is 13.2 Å². The summed E-state index contributed by atoms with van der Waals surface area (Å²) in [7, 11) is 0. The molecule has 0 saturated carbocycles. The molecule has 1 nitrogen and oxygen atoms in total. The lowest BCUT2D eigenvalue weighted by molar-refractivity contribution is -0.137. The normalized spacial score (nSPS) is 25.1. The van der Waals surface area contributed by atoms with Crippen molar-refractivity contribution in [3.63, 3.8) is 0 Å². The summed E-state index contributed by atoms with van der Waals surface area (Å²) in [6.45, 7) is 1.15. The van der Waals surface area contributed by atoms with Gasteiger partial charge in [-0.2, -0.15) is 13.2 Å². The summed E-state index contributed by atoms with van der Waals surface area (Å²) in [5.41, 5.74) is 0.0498. The van der Waals surface area contributed by atoms with Gasteiger partial charge in [0.25, 0.3) is 0 Å². The van der Waals surface area contributed by atoms with Crippen molar-refractivity contribution in [1.82, 2.24) is 0 Å². The molecule has 2 atom stereocenters. The second-order valence-electron chi connectivity index (χ2n) is 4.54. The molecule has 1 aliphatic heterocycles. The molecular weight excluding hydrogens is 265 g/mol. The fourth-order valence-electron chi connectivity index (χ4n) is 2.13. The second-order valence-corrected chi connectivity index (χ2v) is 5.10. The summed E-state index contributed by atoms with van der Waals surface area (Å²) in [5, 5.41) is -0.0201. The summed E-state index contributed by atoms with van der Waals surface area (Å²) in [6, 6.07) is 5.41. The maximum absolute atomic E-state index is 12.6. The van der Waals surface area contributed by atoms with Gasteiger partial charge in [-0.05, 0) is 24.5 Å². The van der Waals surface area contributed by atoms with Crippen molar-refractivity contribution in [2.24, 2.45) is 5.92 Å². The van der Waals surface area contributed by atoms with Crippen LogP contribution in [0.4, 0.5) is 13.2 Å². The number of alkyl halides is 4. The lowest BCUT2D eigenvalue weighted by Crippen LogP contribution is -2.29. The molecular formula is C13H14ClF3O. The molecule has 0 spiro atoms. The first kappa shape index (κ1) is 13.7. The van der Waals surface area contributed by atoms with E-state index in [1.165, 1.54) is 12.1 Å².